The summed E-state index contributed by atoms with van der Waals surface area (Å²) in [6.45, 7) is 6.21. The van der Waals surface area contributed by atoms with Crippen LogP contribution in [0.3, 0.4) is 0 Å². The Balaban J connectivity index is 2.69. The third-order valence-corrected chi connectivity index (χ3v) is 2.55. The van der Waals surface area contributed by atoms with Crippen molar-refractivity contribution in [3.8, 4) is 0 Å². The van der Waals surface area contributed by atoms with Gasteiger partial charge in [-0.3, -0.25) is 9.88 Å². The van der Waals surface area contributed by atoms with Crippen LogP contribution in [0.5, 0.6) is 0 Å². The van der Waals surface area contributed by atoms with Gasteiger partial charge < -0.3 is 10.9 Å². The maximum absolute atomic E-state index is 8.59. The van der Waals surface area contributed by atoms with Crippen molar-refractivity contribution in [3.05, 3.63) is 29.6 Å². The van der Waals surface area contributed by atoms with Crippen LogP contribution in [0.1, 0.15) is 24.6 Å². The van der Waals surface area contributed by atoms with Crippen LogP contribution in [0.2, 0.25) is 0 Å². The Morgan fingerprint density at radius 1 is 1.59 bits per heavy atom. The Morgan fingerprint density at radius 3 is 2.94 bits per heavy atom. The van der Waals surface area contributed by atoms with Gasteiger partial charge in [0.05, 0.1) is 12.2 Å². The molecule has 0 atom stereocenters. The maximum atomic E-state index is 8.59. The van der Waals surface area contributed by atoms with Crippen LogP contribution in [-0.4, -0.2) is 34.0 Å². The van der Waals surface area contributed by atoms with Crippen LogP contribution in [0.15, 0.2) is 23.5 Å². The first kappa shape index (κ1) is 13.4. The van der Waals surface area contributed by atoms with Crippen molar-refractivity contribution in [2.75, 3.05) is 13.1 Å². The van der Waals surface area contributed by atoms with Crippen molar-refractivity contribution in [2.24, 2.45) is 10.9 Å². The number of nitrogens with zero attached hydrogens (tertiary/aromatic N) is 3. The topological polar surface area (TPSA) is 74.7 Å². The van der Waals surface area contributed by atoms with Gasteiger partial charge in [-0.2, -0.15) is 0 Å². The molecule has 0 saturated heterocycles. The summed E-state index contributed by atoms with van der Waals surface area (Å²) in [6.07, 6.45) is 2.81. The zero-order chi connectivity index (χ0) is 12.7. The van der Waals surface area contributed by atoms with Crippen molar-refractivity contribution < 1.29 is 5.21 Å². The molecular formula is C12H20N4O. The van der Waals surface area contributed by atoms with Crippen molar-refractivity contribution in [1.29, 1.82) is 0 Å². The summed E-state index contributed by atoms with van der Waals surface area (Å²) >= 11 is 0. The minimum Gasteiger partial charge on any atom is -0.409 e. The van der Waals surface area contributed by atoms with Crippen LogP contribution in [0.25, 0.3) is 0 Å². The van der Waals surface area contributed by atoms with E-state index in [9.17, 15) is 0 Å². The van der Waals surface area contributed by atoms with E-state index in [-0.39, 0.29) is 5.84 Å². The lowest BCUT2D eigenvalue weighted by Crippen LogP contribution is -2.34. The summed E-state index contributed by atoms with van der Waals surface area (Å²) in [4.78, 5) is 6.46. The second-order valence-corrected chi connectivity index (χ2v) is 4.07. The molecule has 1 aromatic heterocycles. The van der Waals surface area contributed by atoms with Gasteiger partial charge in [0.25, 0.3) is 0 Å². The Hall–Kier alpha value is -1.62. The molecule has 5 heteroatoms. The van der Waals surface area contributed by atoms with E-state index in [0.717, 1.165) is 30.8 Å². The van der Waals surface area contributed by atoms with Crippen LogP contribution in [-0.2, 0) is 6.54 Å². The first-order valence-corrected chi connectivity index (χ1v) is 5.76. The Kier molecular flexibility index (Phi) is 5.42. The number of hydrogen-bond donors (Lipinski definition) is 2. The SMILES string of the molecule is CCCN(C/C(N)=N/O)Cc1ncccc1C. The Bertz CT molecular complexity index is 379. The van der Waals surface area contributed by atoms with Crippen LogP contribution in [0, 0.1) is 6.92 Å². The lowest BCUT2D eigenvalue weighted by molar-refractivity contribution is 0.283. The second kappa shape index (κ2) is 6.85. The molecule has 0 aromatic carbocycles. The van der Waals surface area contributed by atoms with Crippen molar-refractivity contribution in [2.45, 2.75) is 26.8 Å². The van der Waals surface area contributed by atoms with E-state index < -0.39 is 0 Å². The summed E-state index contributed by atoms with van der Waals surface area (Å²) < 4.78 is 0. The molecule has 0 aliphatic rings. The Morgan fingerprint density at radius 2 is 2.35 bits per heavy atom. The van der Waals surface area contributed by atoms with E-state index in [1.165, 1.54) is 0 Å². The fourth-order valence-electron chi connectivity index (χ4n) is 1.69. The largest absolute Gasteiger partial charge is 0.409 e. The zero-order valence-electron chi connectivity index (χ0n) is 10.4. The molecule has 0 radical (unpaired) electrons. The monoisotopic (exact) mass is 236 g/mol. The molecule has 0 aliphatic carbocycles. The molecule has 17 heavy (non-hydrogen) atoms. The maximum Gasteiger partial charge on any atom is 0.153 e. The van der Waals surface area contributed by atoms with E-state index in [0.29, 0.717) is 6.54 Å². The zero-order valence-corrected chi connectivity index (χ0v) is 10.4. The van der Waals surface area contributed by atoms with E-state index in [1.807, 2.05) is 19.1 Å². The van der Waals surface area contributed by atoms with Crippen molar-refractivity contribution in [3.63, 3.8) is 0 Å². The molecule has 94 valence electrons. The van der Waals surface area contributed by atoms with Gasteiger partial charge in [-0.1, -0.05) is 18.1 Å². The van der Waals surface area contributed by atoms with E-state index in [2.05, 4.69) is 22.0 Å². The summed E-state index contributed by atoms with van der Waals surface area (Å²) in [5.41, 5.74) is 7.73. The fourth-order valence-corrected chi connectivity index (χ4v) is 1.69. The molecule has 1 heterocycles. The number of aromatic nitrogens is 1. The van der Waals surface area contributed by atoms with Gasteiger partial charge in [0.15, 0.2) is 5.84 Å². The van der Waals surface area contributed by atoms with Crippen LogP contribution >= 0.6 is 0 Å². The lowest BCUT2D eigenvalue weighted by Gasteiger charge is -2.21. The van der Waals surface area contributed by atoms with Gasteiger partial charge in [-0.15, -0.1) is 0 Å². The van der Waals surface area contributed by atoms with Gasteiger partial charge in [0, 0.05) is 12.7 Å². The molecule has 0 bridgehead atoms. The lowest BCUT2D eigenvalue weighted by atomic mass is 10.2. The minimum atomic E-state index is 0.229. The molecular weight excluding hydrogens is 216 g/mol. The standard InChI is InChI=1S/C12H20N4O/c1-3-7-16(9-12(13)15-17)8-11-10(2)5-4-6-14-11/h4-6,17H,3,7-9H2,1-2H3,(H2,13,15). The number of pyridine rings is 1. The van der Waals surface area contributed by atoms with Gasteiger partial charge in [-0.25, -0.2) is 0 Å². The summed E-state index contributed by atoms with van der Waals surface area (Å²) in [5, 5.41) is 11.6. The highest BCUT2D eigenvalue weighted by molar-refractivity contribution is 5.81. The number of rotatable bonds is 6. The first-order chi connectivity index (χ1) is 8.17. The third-order valence-electron chi connectivity index (χ3n) is 2.55. The highest BCUT2D eigenvalue weighted by Crippen LogP contribution is 2.07. The van der Waals surface area contributed by atoms with Crippen LogP contribution in [0.4, 0.5) is 0 Å². The molecule has 0 saturated carbocycles. The average Bonchev–Trinajstić information content (AvgIpc) is 2.32. The smallest absolute Gasteiger partial charge is 0.153 e. The normalized spacial score (nSPS) is 12.1. The van der Waals surface area contributed by atoms with Gasteiger partial charge in [0.1, 0.15) is 0 Å². The molecule has 5 nitrogen and oxygen atoms in total. The van der Waals surface area contributed by atoms with E-state index in [4.69, 9.17) is 10.9 Å². The molecule has 0 amide bonds. The molecule has 3 N–H and O–H groups in total. The minimum absolute atomic E-state index is 0.229. The number of nitrogens with two attached hydrogens (primary N) is 1. The first-order valence-electron chi connectivity index (χ1n) is 5.76. The quantitative estimate of drug-likeness (QED) is 0.338. The summed E-state index contributed by atoms with van der Waals surface area (Å²) in [6, 6.07) is 3.96. The van der Waals surface area contributed by atoms with Crippen molar-refractivity contribution >= 4 is 5.84 Å². The second-order valence-electron chi connectivity index (χ2n) is 4.07. The molecule has 0 fully saturated rings. The number of aryl methyl sites for hydroxylation is 1. The average molecular weight is 236 g/mol. The summed E-state index contributed by atoms with van der Waals surface area (Å²) in [5.74, 6) is 0.229. The molecule has 1 rings (SSSR count). The van der Waals surface area contributed by atoms with Crippen LogP contribution < -0.4 is 5.73 Å². The van der Waals surface area contributed by atoms with Crippen molar-refractivity contribution in [1.82, 2.24) is 9.88 Å². The number of oxime groups is 1. The third kappa shape index (κ3) is 4.40. The predicted octanol–water partition coefficient (Wildman–Crippen LogP) is 1.35. The molecule has 1 aromatic rings. The Labute approximate surface area is 102 Å². The molecule has 0 aliphatic heterocycles. The predicted molar refractivity (Wildman–Crippen MR) is 68.0 cm³/mol. The van der Waals surface area contributed by atoms with E-state index in [1.54, 1.807) is 6.20 Å². The molecule has 0 unspecified atom stereocenters. The van der Waals surface area contributed by atoms with Gasteiger partial charge in [-0.05, 0) is 31.5 Å². The highest BCUT2D eigenvalue weighted by Gasteiger charge is 2.09. The molecule has 0 spiro atoms. The van der Waals surface area contributed by atoms with Gasteiger partial charge in [0.2, 0.25) is 0 Å². The van der Waals surface area contributed by atoms with Gasteiger partial charge >= 0.3 is 0 Å². The number of amidine groups is 1. The van der Waals surface area contributed by atoms with E-state index >= 15 is 0 Å². The fraction of sp³-hybridized carbons (Fsp3) is 0.500. The number of hydrogen-bond acceptors (Lipinski definition) is 4. The summed E-state index contributed by atoms with van der Waals surface area (Å²) in [7, 11) is 0. The highest BCUT2D eigenvalue weighted by atomic mass is 16.4.